The quantitative estimate of drug-likeness (QED) is 0.772. The summed E-state index contributed by atoms with van der Waals surface area (Å²) in [6.07, 6.45) is 2.69. The molecule has 0 amide bonds. The van der Waals surface area contributed by atoms with E-state index in [0.29, 0.717) is 6.04 Å². The lowest BCUT2D eigenvalue weighted by atomic mass is 9.77. The van der Waals surface area contributed by atoms with Crippen LogP contribution in [0.25, 0.3) is 0 Å². The second kappa shape index (κ2) is 6.17. The lowest BCUT2D eigenvalue weighted by Crippen LogP contribution is -2.54. The summed E-state index contributed by atoms with van der Waals surface area (Å²) in [7, 11) is 4.02. The van der Waals surface area contributed by atoms with Crippen molar-refractivity contribution in [2.75, 3.05) is 27.3 Å². The maximum absolute atomic E-state index is 5.24. The molecule has 102 valence electrons. The van der Waals surface area contributed by atoms with Crippen molar-refractivity contribution in [3.8, 4) is 0 Å². The summed E-state index contributed by atoms with van der Waals surface area (Å²) in [5.41, 5.74) is 0.233. The van der Waals surface area contributed by atoms with E-state index in [1.165, 1.54) is 12.8 Å². The van der Waals surface area contributed by atoms with Crippen molar-refractivity contribution in [3.05, 3.63) is 0 Å². The highest BCUT2D eigenvalue weighted by Crippen LogP contribution is 2.32. The van der Waals surface area contributed by atoms with E-state index in [0.717, 1.165) is 25.1 Å². The van der Waals surface area contributed by atoms with Crippen LogP contribution in [0.4, 0.5) is 0 Å². The van der Waals surface area contributed by atoms with Crippen molar-refractivity contribution in [2.45, 2.75) is 58.2 Å². The van der Waals surface area contributed by atoms with Crippen LogP contribution < -0.4 is 5.32 Å². The van der Waals surface area contributed by atoms with E-state index in [4.69, 9.17) is 4.74 Å². The predicted octanol–water partition coefficient (Wildman–Crippen LogP) is 2.12. The maximum Gasteiger partial charge on any atom is 0.0615 e. The molecule has 1 aliphatic rings. The van der Waals surface area contributed by atoms with Crippen molar-refractivity contribution < 1.29 is 4.74 Å². The molecule has 1 N–H and O–H groups in total. The molecule has 0 bridgehead atoms. The number of nitrogens with one attached hydrogen (secondary N) is 1. The third-order valence-corrected chi connectivity index (χ3v) is 3.90. The van der Waals surface area contributed by atoms with Gasteiger partial charge in [-0.15, -0.1) is 0 Å². The number of methoxy groups -OCH3 is 1. The fraction of sp³-hybridized carbons (Fsp3) is 1.00. The first-order chi connectivity index (χ1) is 7.85. The van der Waals surface area contributed by atoms with Gasteiger partial charge in [0.15, 0.2) is 0 Å². The highest BCUT2D eigenvalue weighted by molar-refractivity contribution is 4.91. The van der Waals surface area contributed by atoms with E-state index < -0.39 is 0 Å². The van der Waals surface area contributed by atoms with Gasteiger partial charge in [-0.2, -0.15) is 0 Å². The number of hydrogen-bond donors (Lipinski definition) is 1. The Morgan fingerprint density at radius 1 is 1.35 bits per heavy atom. The summed E-state index contributed by atoms with van der Waals surface area (Å²) in [4.78, 5) is 2.49. The van der Waals surface area contributed by atoms with Crippen LogP contribution in [0.2, 0.25) is 0 Å². The van der Waals surface area contributed by atoms with Gasteiger partial charge >= 0.3 is 0 Å². The van der Waals surface area contributed by atoms with E-state index in [2.05, 4.69) is 45.0 Å². The third kappa shape index (κ3) is 4.57. The second-order valence-electron chi connectivity index (χ2n) is 6.51. The first kappa shape index (κ1) is 14.9. The molecule has 0 aliphatic heterocycles. The van der Waals surface area contributed by atoms with E-state index in [1.807, 2.05) is 0 Å². The van der Waals surface area contributed by atoms with Crippen molar-refractivity contribution in [1.82, 2.24) is 10.2 Å². The highest BCUT2D eigenvalue weighted by atomic mass is 16.5. The lowest BCUT2D eigenvalue weighted by Gasteiger charge is -2.46. The zero-order valence-corrected chi connectivity index (χ0v) is 12.4. The lowest BCUT2D eigenvalue weighted by molar-refractivity contribution is 0.0215. The van der Waals surface area contributed by atoms with Crippen LogP contribution in [0.3, 0.4) is 0 Å². The van der Waals surface area contributed by atoms with E-state index in [-0.39, 0.29) is 5.54 Å². The van der Waals surface area contributed by atoms with E-state index in [9.17, 15) is 0 Å². The highest BCUT2D eigenvalue weighted by Gasteiger charge is 2.35. The monoisotopic (exact) mass is 242 g/mol. The Morgan fingerprint density at radius 3 is 2.41 bits per heavy atom. The molecule has 0 aromatic heterocycles. The Balaban J connectivity index is 2.35. The molecule has 0 spiro atoms. The number of likely N-dealkylation sites (N-methyl/N-ethyl adjacent to an activating group) is 1. The van der Waals surface area contributed by atoms with Crippen LogP contribution in [0.1, 0.15) is 40.5 Å². The molecule has 0 radical (unpaired) electrons. The summed E-state index contributed by atoms with van der Waals surface area (Å²) in [6.45, 7) is 10.9. The normalized spacial score (nSPS) is 27.0. The fourth-order valence-electron chi connectivity index (χ4n) is 2.45. The van der Waals surface area contributed by atoms with Crippen LogP contribution in [0, 0.1) is 5.92 Å². The average molecular weight is 242 g/mol. The molecule has 17 heavy (non-hydrogen) atoms. The Morgan fingerprint density at radius 2 is 2.00 bits per heavy atom. The van der Waals surface area contributed by atoms with Gasteiger partial charge in [-0.3, -0.25) is 4.90 Å². The summed E-state index contributed by atoms with van der Waals surface area (Å²) in [6, 6.07) is 1.25. The van der Waals surface area contributed by atoms with Crippen molar-refractivity contribution in [1.29, 1.82) is 0 Å². The largest absolute Gasteiger partial charge is 0.383 e. The molecule has 0 heterocycles. The van der Waals surface area contributed by atoms with Gasteiger partial charge in [-0.25, -0.2) is 0 Å². The van der Waals surface area contributed by atoms with Crippen LogP contribution in [-0.4, -0.2) is 49.8 Å². The zero-order chi connectivity index (χ0) is 13.1. The van der Waals surface area contributed by atoms with Crippen molar-refractivity contribution in [3.63, 3.8) is 0 Å². The van der Waals surface area contributed by atoms with Crippen LogP contribution in [0.15, 0.2) is 0 Å². The average Bonchev–Trinajstić information content (AvgIpc) is 2.14. The third-order valence-electron chi connectivity index (χ3n) is 3.90. The Kier molecular flexibility index (Phi) is 5.42. The molecule has 1 saturated carbocycles. The van der Waals surface area contributed by atoms with Gasteiger partial charge in [-0.1, -0.05) is 0 Å². The Hall–Kier alpha value is -0.120. The molecule has 3 unspecified atom stereocenters. The van der Waals surface area contributed by atoms with Gasteiger partial charge in [-0.05, 0) is 60.0 Å². The predicted molar refractivity (Wildman–Crippen MR) is 73.4 cm³/mol. The smallest absolute Gasteiger partial charge is 0.0615 e. The molecular weight excluding hydrogens is 212 g/mol. The minimum absolute atomic E-state index is 0.233. The standard InChI is InChI=1S/C14H30N2O/c1-11(10-17-6)16(5)13-8-7-12(13)9-15-14(2,3)4/h11-13,15H,7-10H2,1-6H3. The first-order valence-electron chi connectivity index (χ1n) is 6.81. The van der Waals surface area contributed by atoms with Gasteiger partial charge in [0.2, 0.25) is 0 Å². The summed E-state index contributed by atoms with van der Waals surface area (Å²) in [5, 5.41) is 3.62. The van der Waals surface area contributed by atoms with E-state index in [1.54, 1.807) is 7.11 Å². The van der Waals surface area contributed by atoms with E-state index >= 15 is 0 Å². The number of rotatable bonds is 6. The van der Waals surface area contributed by atoms with Crippen LogP contribution in [-0.2, 0) is 4.74 Å². The van der Waals surface area contributed by atoms with Gasteiger partial charge in [0.05, 0.1) is 6.61 Å². The van der Waals surface area contributed by atoms with Crippen LogP contribution in [0.5, 0.6) is 0 Å². The molecule has 0 saturated heterocycles. The molecule has 0 aromatic rings. The van der Waals surface area contributed by atoms with Crippen LogP contribution >= 0.6 is 0 Å². The molecule has 1 aliphatic carbocycles. The number of nitrogens with zero attached hydrogens (tertiary/aromatic N) is 1. The van der Waals surface area contributed by atoms with Gasteiger partial charge in [0.25, 0.3) is 0 Å². The molecule has 1 fully saturated rings. The molecule has 3 atom stereocenters. The fourth-order valence-corrected chi connectivity index (χ4v) is 2.45. The molecule has 3 nitrogen and oxygen atoms in total. The minimum atomic E-state index is 0.233. The Labute approximate surface area is 107 Å². The minimum Gasteiger partial charge on any atom is -0.383 e. The summed E-state index contributed by atoms with van der Waals surface area (Å²) in [5.74, 6) is 0.804. The topological polar surface area (TPSA) is 24.5 Å². The summed E-state index contributed by atoms with van der Waals surface area (Å²) >= 11 is 0. The SMILES string of the molecule is COCC(C)N(C)C1CCC1CNC(C)(C)C. The zero-order valence-electron chi connectivity index (χ0n) is 12.4. The van der Waals surface area contributed by atoms with Gasteiger partial charge in [0.1, 0.15) is 0 Å². The van der Waals surface area contributed by atoms with Crippen molar-refractivity contribution in [2.24, 2.45) is 5.92 Å². The molecule has 0 aromatic carbocycles. The number of hydrogen-bond acceptors (Lipinski definition) is 3. The summed E-state index contributed by atoms with van der Waals surface area (Å²) < 4.78 is 5.24. The molecule has 3 heteroatoms. The first-order valence-corrected chi connectivity index (χ1v) is 6.81. The maximum atomic E-state index is 5.24. The van der Waals surface area contributed by atoms with Gasteiger partial charge < -0.3 is 10.1 Å². The van der Waals surface area contributed by atoms with Gasteiger partial charge in [0, 0.05) is 24.7 Å². The Bertz CT molecular complexity index is 225. The molecular formula is C14H30N2O. The second-order valence-corrected chi connectivity index (χ2v) is 6.51. The number of ether oxygens (including phenoxy) is 1. The van der Waals surface area contributed by atoms with Crippen molar-refractivity contribution >= 4 is 0 Å². The molecule has 1 rings (SSSR count).